The van der Waals surface area contributed by atoms with Gasteiger partial charge in [-0.3, -0.25) is 0 Å². The lowest BCUT2D eigenvalue weighted by Gasteiger charge is -2.13. The Morgan fingerprint density at radius 3 is 2.52 bits per heavy atom. The molecule has 0 bridgehead atoms. The molecule has 1 N–H and O–H groups in total. The normalized spacial score (nSPS) is 10.3. The number of aromatic nitrogens is 1. The third kappa shape index (κ3) is 3.95. The number of hydrogen-bond donors (Lipinski definition) is 1. The van der Waals surface area contributed by atoms with Gasteiger partial charge in [-0.25, -0.2) is 9.78 Å². The molecule has 0 unspecified atom stereocenters. The van der Waals surface area contributed by atoms with E-state index in [1.165, 1.54) is 6.07 Å². The number of carboxylic acids is 1. The van der Waals surface area contributed by atoms with Gasteiger partial charge in [0.1, 0.15) is 12.4 Å². The first-order chi connectivity index (χ1) is 12.2. The zero-order valence-electron chi connectivity index (χ0n) is 13.7. The van der Waals surface area contributed by atoms with Crippen molar-refractivity contribution in [2.24, 2.45) is 0 Å². The molecule has 1 heterocycles. The largest absolute Gasteiger partial charge is 0.488 e. The molecule has 3 aromatic rings. The van der Waals surface area contributed by atoms with Gasteiger partial charge in [-0.2, -0.15) is 0 Å². The molecule has 3 rings (SSSR count). The first kappa shape index (κ1) is 16.5. The van der Waals surface area contributed by atoms with E-state index in [0.29, 0.717) is 18.2 Å². The topological polar surface area (TPSA) is 68.7 Å². The van der Waals surface area contributed by atoms with Crippen LogP contribution in [0, 0.1) is 0 Å². The summed E-state index contributed by atoms with van der Waals surface area (Å²) >= 11 is 0. The Balaban J connectivity index is 1.94. The van der Waals surface area contributed by atoms with Gasteiger partial charge in [0.2, 0.25) is 5.88 Å². The van der Waals surface area contributed by atoms with Crippen LogP contribution in [0.15, 0.2) is 66.9 Å². The number of aromatic carboxylic acids is 1. The number of rotatable bonds is 6. The monoisotopic (exact) mass is 335 g/mol. The minimum Gasteiger partial charge on any atom is -0.488 e. The fourth-order valence-corrected chi connectivity index (χ4v) is 2.41. The van der Waals surface area contributed by atoms with Crippen molar-refractivity contribution in [3.8, 4) is 22.8 Å². The van der Waals surface area contributed by atoms with Gasteiger partial charge in [0.05, 0.1) is 12.7 Å². The first-order valence-corrected chi connectivity index (χ1v) is 7.72. The van der Waals surface area contributed by atoms with Crippen LogP contribution < -0.4 is 9.47 Å². The zero-order chi connectivity index (χ0) is 17.6. The number of benzene rings is 2. The summed E-state index contributed by atoms with van der Waals surface area (Å²) in [7, 11) is 1.55. The van der Waals surface area contributed by atoms with E-state index in [4.69, 9.17) is 9.47 Å². The van der Waals surface area contributed by atoms with E-state index in [1.54, 1.807) is 31.5 Å². The summed E-state index contributed by atoms with van der Waals surface area (Å²) in [6, 6.07) is 18.1. The third-order valence-corrected chi connectivity index (χ3v) is 3.72. The lowest BCUT2D eigenvalue weighted by molar-refractivity contribution is 0.0696. The molecule has 0 aliphatic carbocycles. The molecule has 0 spiro atoms. The maximum Gasteiger partial charge on any atom is 0.335 e. The Kier molecular flexibility index (Phi) is 4.95. The lowest BCUT2D eigenvalue weighted by atomic mass is 10.0. The van der Waals surface area contributed by atoms with Gasteiger partial charge in [0, 0.05) is 23.4 Å². The number of pyridine rings is 1. The molecule has 126 valence electrons. The summed E-state index contributed by atoms with van der Waals surface area (Å²) in [5, 5.41) is 9.24. The Morgan fingerprint density at radius 2 is 1.88 bits per heavy atom. The van der Waals surface area contributed by atoms with E-state index in [-0.39, 0.29) is 5.56 Å². The van der Waals surface area contributed by atoms with Crippen molar-refractivity contribution in [1.82, 2.24) is 4.98 Å². The molecule has 5 heteroatoms. The second kappa shape index (κ2) is 7.49. The Hall–Kier alpha value is -3.34. The average Bonchev–Trinajstić information content (AvgIpc) is 2.67. The second-order valence-electron chi connectivity index (χ2n) is 5.38. The summed E-state index contributed by atoms with van der Waals surface area (Å²) in [6.45, 7) is 0.348. The van der Waals surface area contributed by atoms with Crippen LogP contribution >= 0.6 is 0 Å². The molecule has 0 saturated heterocycles. The van der Waals surface area contributed by atoms with Gasteiger partial charge < -0.3 is 14.6 Å². The van der Waals surface area contributed by atoms with Gasteiger partial charge in [-0.15, -0.1) is 0 Å². The molecule has 0 aliphatic heterocycles. The highest BCUT2D eigenvalue weighted by Crippen LogP contribution is 2.32. The Labute approximate surface area is 145 Å². The van der Waals surface area contributed by atoms with E-state index < -0.39 is 5.97 Å². The number of methoxy groups -OCH3 is 1. The molecule has 0 fully saturated rings. The van der Waals surface area contributed by atoms with Crippen molar-refractivity contribution in [2.45, 2.75) is 6.61 Å². The number of hydrogen-bond acceptors (Lipinski definition) is 4. The smallest absolute Gasteiger partial charge is 0.335 e. The molecule has 0 amide bonds. The number of nitrogens with zero attached hydrogens (tertiary/aromatic N) is 1. The van der Waals surface area contributed by atoms with Crippen LogP contribution in [-0.2, 0) is 6.61 Å². The highest BCUT2D eigenvalue weighted by molar-refractivity contribution is 5.89. The van der Waals surface area contributed by atoms with Crippen LogP contribution in [0.5, 0.6) is 11.6 Å². The Morgan fingerprint density at radius 1 is 1.08 bits per heavy atom. The van der Waals surface area contributed by atoms with Gasteiger partial charge in [0.15, 0.2) is 0 Å². The number of carbonyl (C=O) groups is 1. The molecule has 5 nitrogen and oxygen atoms in total. The molecule has 0 saturated carbocycles. The quantitative estimate of drug-likeness (QED) is 0.736. The summed E-state index contributed by atoms with van der Waals surface area (Å²) in [5.41, 5.74) is 2.77. The second-order valence-corrected chi connectivity index (χ2v) is 5.38. The third-order valence-electron chi connectivity index (χ3n) is 3.72. The van der Waals surface area contributed by atoms with Crippen LogP contribution in [0.2, 0.25) is 0 Å². The van der Waals surface area contributed by atoms with Gasteiger partial charge in [-0.1, -0.05) is 30.3 Å². The van der Waals surface area contributed by atoms with Gasteiger partial charge in [-0.05, 0) is 29.8 Å². The number of carboxylic acid groups (broad SMARTS) is 1. The van der Waals surface area contributed by atoms with Crippen molar-refractivity contribution >= 4 is 5.97 Å². The molecule has 0 radical (unpaired) electrons. The Bertz CT molecular complexity index is 861. The summed E-state index contributed by atoms with van der Waals surface area (Å²) in [5.74, 6) is 0.0114. The van der Waals surface area contributed by atoms with Crippen molar-refractivity contribution in [3.05, 3.63) is 78.0 Å². The first-order valence-electron chi connectivity index (χ1n) is 7.72. The van der Waals surface area contributed by atoms with Crippen molar-refractivity contribution in [2.75, 3.05) is 7.11 Å². The minimum absolute atomic E-state index is 0.174. The predicted molar refractivity (Wildman–Crippen MR) is 94.0 cm³/mol. The maximum atomic E-state index is 11.3. The zero-order valence-corrected chi connectivity index (χ0v) is 13.7. The summed E-state index contributed by atoms with van der Waals surface area (Å²) in [6.07, 6.45) is 1.67. The van der Waals surface area contributed by atoms with Crippen LogP contribution in [0.25, 0.3) is 11.1 Å². The molecular formula is C20H17NO4. The molecule has 2 aromatic carbocycles. The minimum atomic E-state index is -0.996. The van der Waals surface area contributed by atoms with Crippen molar-refractivity contribution in [3.63, 3.8) is 0 Å². The van der Waals surface area contributed by atoms with Crippen molar-refractivity contribution < 1.29 is 19.4 Å². The van der Waals surface area contributed by atoms with Crippen LogP contribution in [0.4, 0.5) is 0 Å². The van der Waals surface area contributed by atoms with Crippen LogP contribution in [0.1, 0.15) is 15.9 Å². The molecule has 1 aromatic heterocycles. The number of ether oxygens (including phenoxy) is 2. The summed E-state index contributed by atoms with van der Waals surface area (Å²) < 4.78 is 11.0. The lowest BCUT2D eigenvalue weighted by Crippen LogP contribution is -2.01. The van der Waals surface area contributed by atoms with E-state index in [1.807, 2.05) is 36.4 Å². The maximum absolute atomic E-state index is 11.3. The predicted octanol–water partition coefficient (Wildman–Crippen LogP) is 4.03. The highest BCUT2D eigenvalue weighted by Gasteiger charge is 2.12. The van der Waals surface area contributed by atoms with E-state index >= 15 is 0 Å². The van der Waals surface area contributed by atoms with Crippen molar-refractivity contribution in [1.29, 1.82) is 0 Å². The van der Waals surface area contributed by atoms with Gasteiger partial charge in [0.25, 0.3) is 0 Å². The molecule has 0 atom stereocenters. The standard InChI is InChI=1S/C20H17NO4/c1-24-19-10-8-16(12-21-19)17-9-7-15(20(22)23)11-18(17)25-13-14-5-3-2-4-6-14/h2-12H,13H2,1H3,(H,22,23). The van der Waals surface area contributed by atoms with Crippen LogP contribution in [-0.4, -0.2) is 23.2 Å². The molecular weight excluding hydrogens is 318 g/mol. The van der Waals surface area contributed by atoms with E-state index in [9.17, 15) is 9.90 Å². The average molecular weight is 335 g/mol. The molecule has 0 aliphatic rings. The molecule has 25 heavy (non-hydrogen) atoms. The SMILES string of the molecule is COc1ccc(-c2ccc(C(=O)O)cc2OCc2ccccc2)cn1. The van der Waals surface area contributed by atoms with Gasteiger partial charge >= 0.3 is 5.97 Å². The summed E-state index contributed by atoms with van der Waals surface area (Å²) in [4.78, 5) is 15.5. The van der Waals surface area contributed by atoms with Crippen LogP contribution in [0.3, 0.4) is 0 Å². The highest BCUT2D eigenvalue weighted by atomic mass is 16.5. The van der Waals surface area contributed by atoms with E-state index in [0.717, 1.165) is 16.7 Å². The van der Waals surface area contributed by atoms with E-state index in [2.05, 4.69) is 4.98 Å². The fourth-order valence-electron chi connectivity index (χ4n) is 2.41. The fraction of sp³-hybridized carbons (Fsp3) is 0.100.